The molecule has 0 amide bonds. The van der Waals surface area contributed by atoms with Gasteiger partial charge >= 0.3 is 5.97 Å². The molecular weight excluding hydrogens is 282 g/mol. The largest absolute Gasteiger partial charge is 0.462 e. The lowest BCUT2D eigenvalue weighted by molar-refractivity contribution is 0.0526. The van der Waals surface area contributed by atoms with Crippen LogP contribution in [0, 0.1) is 0 Å². The van der Waals surface area contributed by atoms with Gasteiger partial charge in [0.2, 0.25) is 10.0 Å². The SMILES string of the molecule is CCOC(=O)c1ccc(S(=O)(=O)N(CC)CCO)cc1. The first-order valence-electron chi connectivity index (χ1n) is 6.35. The lowest BCUT2D eigenvalue weighted by Crippen LogP contribution is -2.33. The maximum atomic E-state index is 12.3. The molecule has 20 heavy (non-hydrogen) atoms. The molecule has 112 valence electrons. The molecule has 0 aliphatic heterocycles. The molecule has 0 radical (unpaired) electrons. The van der Waals surface area contributed by atoms with Gasteiger partial charge in [0.1, 0.15) is 0 Å². The van der Waals surface area contributed by atoms with Gasteiger partial charge < -0.3 is 9.84 Å². The summed E-state index contributed by atoms with van der Waals surface area (Å²) in [6.45, 7) is 3.72. The molecule has 0 spiro atoms. The maximum Gasteiger partial charge on any atom is 0.338 e. The molecule has 0 heterocycles. The van der Waals surface area contributed by atoms with E-state index in [1.807, 2.05) is 0 Å². The number of likely N-dealkylation sites (N-methyl/N-ethyl adjacent to an activating group) is 1. The van der Waals surface area contributed by atoms with Crippen molar-refractivity contribution in [1.29, 1.82) is 0 Å². The van der Waals surface area contributed by atoms with E-state index in [1.165, 1.54) is 28.6 Å². The van der Waals surface area contributed by atoms with Gasteiger partial charge in [-0.3, -0.25) is 0 Å². The fourth-order valence-corrected chi connectivity index (χ4v) is 3.13. The van der Waals surface area contributed by atoms with Gasteiger partial charge in [-0.05, 0) is 31.2 Å². The average molecular weight is 301 g/mol. The molecule has 1 rings (SSSR count). The minimum atomic E-state index is -3.65. The first kappa shape index (κ1) is 16.6. The summed E-state index contributed by atoms with van der Waals surface area (Å²) in [6.07, 6.45) is 0. The number of hydrogen-bond acceptors (Lipinski definition) is 5. The van der Waals surface area contributed by atoms with Crippen LogP contribution >= 0.6 is 0 Å². The van der Waals surface area contributed by atoms with Crippen molar-refractivity contribution in [3.8, 4) is 0 Å². The van der Waals surface area contributed by atoms with Gasteiger partial charge in [-0.25, -0.2) is 13.2 Å². The van der Waals surface area contributed by atoms with Gasteiger partial charge in [0.25, 0.3) is 0 Å². The molecule has 1 aromatic rings. The molecule has 6 nitrogen and oxygen atoms in total. The number of rotatable bonds is 7. The molecule has 0 atom stereocenters. The van der Waals surface area contributed by atoms with E-state index in [9.17, 15) is 13.2 Å². The zero-order valence-electron chi connectivity index (χ0n) is 11.6. The van der Waals surface area contributed by atoms with Crippen LogP contribution in [-0.4, -0.2) is 50.1 Å². The van der Waals surface area contributed by atoms with Crippen LogP contribution in [0.1, 0.15) is 24.2 Å². The van der Waals surface area contributed by atoms with E-state index in [0.717, 1.165) is 0 Å². The second kappa shape index (κ2) is 7.37. The van der Waals surface area contributed by atoms with Crippen LogP contribution in [0.5, 0.6) is 0 Å². The molecule has 0 unspecified atom stereocenters. The Morgan fingerprint density at radius 2 is 1.85 bits per heavy atom. The minimum absolute atomic E-state index is 0.0401. The topological polar surface area (TPSA) is 83.9 Å². The number of aliphatic hydroxyl groups is 1. The van der Waals surface area contributed by atoms with Crippen LogP contribution in [0.15, 0.2) is 29.2 Å². The van der Waals surface area contributed by atoms with Crippen LogP contribution in [0.3, 0.4) is 0 Å². The lowest BCUT2D eigenvalue weighted by Gasteiger charge is -2.19. The highest BCUT2D eigenvalue weighted by atomic mass is 32.2. The van der Waals surface area contributed by atoms with E-state index in [2.05, 4.69) is 0 Å². The summed E-state index contributed by atoms with van der Waals surface area (Å²) in [6, 6.07) is 5.55. The second-order valence-electron chi connectivity index (χ2n) is 3.97. The molecule has 7 heteroatoms. The van der Waals surface area contributed by atoms with Crippen molar-refractivity contribution in [3.63, 3.8) is 0 Å². The zero-order valence-corrected chi connectivity index (χ0v) is 12.4. The Bertz CT molecular complexity index is 538. The van der Waals surface area contributed by atoms with Gasteiger partial charge in [0, 0.05) is 13.1 Å². The number of ether oxygens (including phenoxy) is 1. The van der Waals surface area contributed by atoms with Crippen molar-refractivity contribution >= 4 is 16.0 Å². The Labute approximate surface area is 119 Å². The standard InChI is InChI=1S/C13H19NO5S/c1-3-14(9-10-15)20(17,18)12-7-5-11(6-8-12)13(16)19-4-2/h5-8,15H,3-4,9-10H2,1-2H3. The molecule has 1 aromatic carbocycles. The van der Waals surface area contributed by atoms with E-state index < -0.39 is 16.0 Å². The van der Waals surface area contributed by atoms with E-state index >= 15 is 0 Å². The molecule has 0 aromatic heterocycles. The predicted molar refractivity (Wildman–Crippen MR) is 73.9 cm³/mol. The minimum Gasteiger partial charge on any atom is -0.462 e. The zero-order chi connectivity index (χ0) is 15.2. The Morgan fingerprint density at radius 1 is 1.25 bits per heavy atom. The highest BCUT2D eigenvalue weighted by molar-refractivity contribution is 7.89. The fraction of sp³-hybridized carbons (Fsp3) is 0.462. The summed E-state index contributed by atoms with van der Waals surface area (Å²) in [7, 11) is -3.65. The van der Waals surface area contributed by atoms with Gasteiger partial charge in [-0.2, -0.15) is 4.31 Å². The monoisotopic (exact) mass is 301 g/mol. The summed E-state index contributed by atoms with van der Waals surface area (Å²) < 4.78 is 30.5. The Morgan fingerprint density at radius 3 is 2.30 bits per heavy atom. The van der Waals surface area contributed by atoms with Crippen molar-refractivity contribution in [2.75, 3.05) is 26.3 Å². The first-order chi connectivity index (χ1) is 9.47. The number of carbonyl (C=O) groups is 1. The van der Waals surface area contributed by atoms with Gasteiger partial charge in [-0.15, -0.1) is 0 Å². The highest BCUT2D eigenvalue weighted by Gasteiger charge is 2.22. The molecule has 0 saturated carbocycles. The number of nitrogens with zero attached hydrogens (tertiary/aromatic N) is 1. The number of hydrogen-bond donors (Lipinski definition) is 1. The number of carbonyl (C=O) groups excluding carboxylic acids is 1. The second-order valence-corrected chi connectivity index (χ2v) is 5.90. The van der Waals surface area contributed by atoms with Crippen molar-refractivity contribution in [2.45, 2.75) is 18.7 Å². The van der Waals surface area contributed by atoms with Crippen LogP contribution in [0.25, 0.3) is 0 Å². The molecule has 1 N–H and O–H groups in total. The number of benzene rings is 1. The third-order valence-corrected chi connectivity index (χ3v) is 4.69. The van der Waals surface area contributed by atoms with Gasteiger partial charge in [0.05, 0.1) is 23.7 Å². The number of sulfonamides is 1. The maximum absolute atomic E-state index is 12.3. The van der Waals surface area contributed by atoms with E-state index in [4.69, 9.17) is 9.84 Å². The summed E-state index contributed by atoms with van der Waals surface area (Å²) >= 11 is 0. The quantitative estimate of drug-likeness (QED) is 0.755. The van der Waals surface area contributed by atoms with Gasteiger partial charge in [0.15, 0.2) is 0 Å². The predicted octanol–water partition coefficient (Wildman–Crippen LogP) is 0.866. The smallest absolute Gasteiger partial charge is 0.338 e. The third-order valence-electron chi connectivity index (χ3n) is 2.71. The van der Waals surface area contributed by atoms with Crippen molar-refractivity contribution < 1.29 is 23.1 Å². The number of esters is 1. The van der Waals surface area contributed by atoms with Crippen LogP contribution in [0.2, 0.25) is 0 Å². The van der Waals surface area contributed by atoms with E-state index in [1.54, 1.807) is 13.8 Å². The van der Waals surface area contributed by atoms with Gasteiger partial charge in [-0.1, -0.05) is 6.92 Å². The Kier molecular flexibility index (Phi) is 6.12. The molecule has 0 aliphatic carbocycles. The highest BCUT2D eigenvalue weighted by Crippen LogP contribution is 2.16. The van der Waals surface area contributed by atoms with Crippen LogP contribution in [-0.2, 0) is 14.8 Å². The van der Waals surface area contributed by atoms with Crippen molar-refractivity contribution in [2.24, 2.45) is 0 Å². The van der Waals surface area contributed by atoms with Crippen LogP contribution in [0.4, 0.5) is 0 Å². The first-order valence-corrected chi connectivity index (χ1v) is 7.79. The fourth-order valence-electron chi connectivity index (χ4n) is 1.69. The lowest BCUT2D eigenvalue weighted by atomic mass is 10.2. The summed E-state index contributed by atoms with van der Waals surface area (Å²) in [4.78, 5) is 11.6. The van der Waals surface area contributed by atoms with Crippen molar-refractivity contribution in [1.82, 2.24) is 4.31 Å². The van der Waals surface area contributed by atoms with E-state index in [-0.39, 0.29) is 31.2 Å². The summed E-state index contributed by atoms with van der Waals surface area (Å²) in [5.41, 5.74) is 0.302. The average Bonchev–Trinajstić information content (AvgIpc) is 2.45. The third kappa shape index (κ3) is 3.78. The molecule has 0 fully saturated rings. The van der Waals surface area contributed by atoms with E-state index in [0.29, 0.717) is 5.56 Å². The molecule has 0 saturated heterocycles. The Hall–Kier alpha value is -1.44. The normalized spacial score (nSPS) is 11.6. The molecule has 0 bridgehead atoms. The number of aliphatic hydroxyl groups excluding tert-OH is 1. The molecular formula is C13H19NO5S. The Balaban J connectivity index is 3.00. The molecule has 0 aliphatic rings. The van der Waals surface area contributed by atoms with Crippen LogP contribution < -0.4 is 0 Å². The summed E-state index contributed by atoms with van der Waals surface area (Å²) in [5, 5.41) is 8.89. The summed E-state index contributed by atoms with van der Waals surface area (Å²) in [5.74, 6) is -0.487. The van der Waals surface area contributed by atoms with Crippen molar-refractivity contribution in [3.05, 3.63) is 29.8 Å².